The molecular weight excluding hydrogens is 477 g/mol. The quantitative estimate of drug-likeness (QED) is 0.237. The summed E-state index contributed by atoms with van der Waals surface area (Å²) in [6, 6.07) is 21.5. The third-order valence-electron chi connectivity index (χ3n) is 5.72. The molecule has 0 fully saturated rings. The third-order valence-corrected chi connectivity index (χ3v) is 6.96. The number of halogens is 1. The van der Waals surface area contributed by atoms with Crippen molar-refractivity contribution in [3.63, 3.8) is 0 Å². The molecule has 8 heteroatoms. The van der Waals surface area contributed by atoms with Crippen LogP contribution in [0.4, 0.5) is 10.2 Å². The lowest BCUT2D eigenvalue weighted by Gasteiger charge is -2.17. The molecule has 0 aliphatic heterocycles. The molecule has 0 radical (unpaired) electrons. The van der Waals surface area contributed by atoms with Crippen LogP contribution in [0.3, 0.4) is 0 Å². The second-order valence-corrected chi connectivity index (χ2v) is 9.15. The molecule has 0 amide bonds. The minimum atomic E-state index is -1.00. The van der Waals surface area contributed by atoms with Crippen LogP contribution in [0.15, 0.2) is 85.2 Å². The highest BCUT2D eigenvalue weighted by molar-refractivity contribution is 7.19. The zero-order valence-electron chi connectivity index (χ0n) is 19.3. The Balaban J connectivity index is 1.59. The van der Waals surface area contributed by atoms with Gasteiger partial charge in [-0.3, -0.25) is 0 Å². The number of thiophene rings is 1. The van der Waals surface area contributed by atoms with Crippen molar-refractivity contribution < 1.29 is 19.0 Å². The van der Waals surface area contributed by atoms with Crippen LogP contribution < -0.4 is 10.1 Å². The summed E-state index contributed by atoms with van der Waals surface area (Å²) < 4.78 is 19.2. The average Bonchev–Trinajstić information content (AvgIpc) is 3.29. The molecule has 2 heterocycles. The SMILES string of the molecule is CCc1sc2ncnc(NC(C(=O)O)c3ccccc3)c2c1-c1cccc(Oc2ccc(F)cc2)c1. The van der Waals surface area contributed by atoms with Crippen molar-refractivity contribution in [2.45, 2.75) is 19.4 Å². The molecule has 0 spiro atoms. The largest absolute Gasteiger partial charge is 0.479 e. The number of hydrogen-bond acceptors (Lipinski definition) is 6. The molecule has 1 unspecified atom stereocenters. The Hall–Kier alpha value is -4.30. The van der Waals surface area contributed by atoms with Crippen molar-refractivity contribution in [2.75, 3.05) is 5.32 Å². The highest BCUT2D eigenvalue weighted by Gasteiger charge is 2.24. The lowest BCUT2D eigenvalue weighted by Crippen LogP contribution is -2.21. The maximum atomic E-state index is 13.3. The summed E-state index contributed by atoms with van der Waals surface area (Å²) in [5.41, 5.74) is 2.45. The van der Waals surface area contributed by atoms with Gasteiger partial charge in [0, 0.05) is 10.4 Å². The number of fused-ring (bicyclic) bond motifs is 1. The van der Waals surface area contributed by atoms with Crippen molar-refractivity contribution in [3.05, 3.63) is 101 Å². The first-order chi connectivity index (χ1) is 17.5. The van der Waals surface area contributed by atoms with Gasteiger partial charge in [-0.2, -0.15) is 0 Å². The van der Waals surface area contributed by atoms with Gasteiger partial charge in [-0.05, 0) is 53.9 Å². The number of benzene rings is 3. The van der Waals surface area contributed by atoms with Crippen molar-refractivity contribution >= 4 is 33.3 Å². The molecule has 36 heavy (non-hydrogen) atoms. The third kappa shape index (κ3) is 4.76. The Morgan fingerprint density at radius 3 is 2.53 bits per heavy atom. The number of anilines is 1. The molecule has 2 aromatic heterocycles. The Morgan fingerprint density at radius 2 is 1.81 bits per heavy atom. The first-order valence-corrected chi connectivity index (χ1v) is 12.2. The van der Waals surface area contributed by atoms with Crippen LogP contribution in [0.25, 0.3) is 21.3 Å². The van der Waals surface area contributed by atoms with E-state index in [9.17, 15) is 14.3 Å². The van der Waals surface area contributed by atoms with Gasteiger partial charge in [0.1, 0.15) is 34.3 Å². The molecule has 2 N–H and O–H groups in total. The van der Waals surface area contributed by atoms with Crippen LogP contribution in [0, 0.1) is 5.82 Å². The van der Waals surface area contributed by atoms with Crippen LogP contribution in [0.2, 0.25) is 0 Å². The van der Waals surface area contributed by atoms with E-state index in [4.69, 9.17) is 4.74 Å². The predicted molar refractivity (Wildman–Crippen MR) is 139 cm³/mol. The number of aryl methyl sites for hydroxylation is 1. The van der Waals surface area contributed by atoms with Gasteiger partial charge in [0.25, 0.3) is 0 Å². The molecule has 0 bridgehead atoms. The van der Waals surface area contributed by atoms with Gasteiger partial charge in [-0.15, -0.1) is 11.3 Å². The second kappa shape index (κ2) is 10.1. The summed E-state index contributed by atoms with van der Waals surface area (Å²) in [5.74, 6) is 0.239. The number of hydrogen-bond donors (Lipinski definition) is 2. The minimum absolute atomic E-state index is 0.330. The summed E-state index contributed by atoms with van der Waals surface area (Å²) in [6.45, 7) is 2.07. The van der Waals surface area contributed by atoms with E-state index in [1.807, 2.05) is 30.3 Å². The van der Waals surface area contributed by atoms with Crippen molar-refractivity contribution in [2.24, 2.45) is 0 Å². The van der Waals surface area contributed by atoms with Crippen LogP contribution >= 0.6 is 11.3 Å². The minimum Gasteiger partial charge on any atom is -0.479 e. The van der Waals surface area contributed by atoms with Gasteiger partial charge in [0.2, 0.25) is 0 Å². The van der Waals surface area contributed by atoms with E-state index in [-0.39, 0.29) is 5.82 Å². The van der Waals surface area contributed by atoms with Crippen molar-refractivity contribution in [1.82, 2.24) is 9.97 Å². The van der Waals surface area contributed by atoms with E-state index in [1.165, 1.54) is 18.5 Å². The van der Waals surface area contributed by atoms with E-state index < -0.39 is 12.0 Å². The molecule has 5 aromatic rings. The fraction of sp³-hybridized carbons (Fsp3) is 0.107. The molecule has 180 valence electrons. The molecule has 1 atom stereocenters. The highest BCUT2D eigenvalue weighted by Crippen LogP contribution is 2.43. The van der Waals surface area contributed by atoms with E-state index >= 15 is 0 Å². The normalized spacial score (nSPS) is 11.8. The maximum absolute atomic E-state index is 13.3. The number of nitrogens with zero attached hydrogens (tertiary/aromatic N) is 2. The topological polar surface area (TPSA) is 84.3 Å². The zero-order valence-corrected chi connectivity index (χ0v) is 20.1. The Bertz CT molecular complexity index is 1520. The van der Waals surface area contributed by atoms with Crippen molar-refractivity contribution in [1.29, 1.82) is 0 Å². The second-order valence-electron chi connectivity index (χ2n) is 8.07. The van der Waals surface area contributed by atoms with E-state index in [2.05, 4.69) is 22.2 Å². The number of ether oxygens (including phenoxy) is 1. The van der Waals surface area contributed by atoms with Crippen LogP contribution in [-0.2, 0) is 11.2 Å². The van der Waals surface area contributed by atoms with Gasteiger partial charge in [-0.1, -0.05) is 49.4 Å². The van der Waals surface area contributed by atoms with Gasteiger partial charge in [0.15, 0.2) is 6.04 Å². The first kappa shape index (κ1) is 23.4. The predicted octanol–water partition coefficient (Wildman–Crippen LogP) is 7.09. The Morgan fingerprint density at radius 1 is 1.03 bits per heavy atom. The first-order valence-electron chi connectivity index (χ1n) is 11.4. The summed E-state index contributed by atoms with van der Waals surface area (Å²) in [6.07, 6.45) is 2.21. The number of aliphatic carboxylic acids is 1. The van der Waals surface area contributed by atoms with E-state index in [1.54, 1.807) is 47.7 Å². The molecule has 0 saturated heterocycles. The van der Waals surface area contributed by atoms with Crippen molar-refractivity contribution in [3.8, 4) is 22.6 Å². The number of carbonyl (C=O) groups is 1. The Labute approximate surface area is 211 Å². The highest BCUT2D eigenvalue weighted by atomic mass is 32.1. The van der Waals surface area contributed by atoms with E-state index in [0.29, 0.717) is 22.9 Å². The molecular formula is C28H22FN3O3S. The zero-order chi connectivity index (χ0) is 25.1. The van der Waals surface area contributed by atoms with Gasteiger partial charge in [-0.25, -0.2) is 19.2 Å². The number of rotatable bonds is 8. The average molecular weight is 500 g/mol. The van der Waals surface area contributed by atoms with Crippen LogP contribution in [0.5, 0.6) is 11.5 Å². The molecule has 0 saturated carbocycles. The summed E-state index contributed by atoms with van der Waals surface area (Å²) in [4.78, 5) is 22.9. The van der Waals surface area contributed by atoms with E-state index in [0.717, 1.165) is 32.6 Å². The van der Waals surface area contributed by atoms with Crippen LogP contribution in [-0.4, -0.2) is 21.0 Å². The number of aromatic nitrogens is 2. The van der Waals surface area contributed by atoms with Crippen LogP contribution in [0.1, 0.15) is 23.4 Å². The summed E-state index contributed by atoms with van der Waals surface area (Å²) in [7, 11) is 0. The molecule has 5 rings (SSSR count). The van der Waals surface area contributed by atoms with Gasteiger partial charge >= 0.3 is 5.97 Å². The fourth-order valence-electron chi connectivity index (χ4n) is 4.07. The van der Waals surface area contributed by atoms with Gasteiger partial charge < -0.3 is 15.2 Å². The standard InChI is InChI=1S/C28H22FN3O3S/c1-2-22-23(18-9-6-10-21(15-18)35-20-13-11-19(29)12-14-20)24-26(30-16-31-27(24)36-22)32-25(28(33)34)17-7-4-3-5-8-17/h3-16,25H,2H2,1H3,(H,33,34)(H,30,31,32). The monoisotopic (exact) mass is 499 g/mol. The number of carboxylic acid groups (broad SMARTS) is 1. The number of nitrogens with one attached hydrogen (secondary N) is 1. The smallest absolute Gasteiger partial charge is 0.330 e. The maximum Gasteiger partial charge on any atom is 0.330 e. The lowest BCUT2D eigenvalue weighted by atomic mass is 10.0. The summed E-state index contributed by atoms with van der Waals surface area (Å²) >= 11 is 1.55. The Kier molecular flexibility index (Phi) is 6.60. The molecule has 3 aromatic carbocycles. The summed E-state index contributed by atoms with van der Waals surface area (Å²) in [5, 5.41) is 13.8. The fourth-order valence-corrected chi connectivity index (χ4v) is 5.17. The molecule has 0 aliphatic rings. The number of carboxylic acids is 1. The van der Waals surface area contributed by atoms with Gasteiger partial charge in [0.05, 0.1) is 5.39 Å². The lowest BCUT2D eigenvalue weighted by molar-refractivity contribution is -0.138. The molecule has 6 nitrogen and oxygen atoms in total. The molecule has 0 aliphatic carbocycles.